The van der Waals surface area contributed by atoms with Crippen molar-refractivity contribution in [1.82, 2.24) is 9.97 Å². The molecule has 2 heterocycles. The number of hydrogen-bond acceptors (Lipinski definition) is 3. The average Bonchev–Trinajstić information content (AvgIpc) is 2.90. The van der Waals surface area contributed by atoms with Crippen LogP contribution in [-0.4, -0.2) is 21.0 Å². The normalized spacial score (nSPS) is 10.8. The maximum Gasteiger partial charge on any atom is 0.228 e. The molecule has 0 bridgehead atoms. The van der Waals surface area contributed by atoms with Crippen LogP contribution in [0.3, 0.4) is 0 Å². The van der Waals surface area contributed by atoms with Crippen LogP contribution in [0.25, 0.3) is 10.9 Å². The van der Waals surface area contributed by atoms with Gasteiger partial charge in [0.2, 0.25) is 5.91 Å². The van der Waals surface area contributed by atoms with Gasteiger partial charge in [0.25, 0.3) is 0 Å². The number of nitrogens with one attached hydrogen (secondary N) is 2. The van der Waals surface area contributed by atoms with E-state index >= 15 is 0 Å². The molecule has 0 aliphatic carbocycles. The molecule has 0 saturated carbocycles. The number of aromatic amines is 1. The van der Waals surface area contributed by atoms with Gasteiger partial charge in [0, 0.05) is 33.9 Å². The third kappa shape index (κ3) is 2.95. The van der Waals surface area contributed by atoms with Gasteiger partial charge in [0.15, 0.2) is 0 Å². The Bertz CT molecular complexity index is 829. The number of nitrogens with zero attached hydrogens (tertiary/aromatic N) is 1. The highest BCUT2D eigenvalue weighted by Crippen LogP contribution is 2.23. The molecule has 3 aromatic rings. The van der Waals surface area contributed by atoms with E-state index in [1.54, 1.807) is 24.5 Å². The van der Waals surface area contributed by atoms with Crippen LogP contribution in [0.15, 0.2) is 42.9 Å². The number of benzene rings is 1. The topological polar surface area (TPSA) is 78.0 Å². The zero-order valence-corrected chi connectivity index (χ0v) is 12.4. The molecular weight excluding hydrogens is 302 g/mol. The predicted octanol–water partition coefficient (Wildman–Crippen LogP) is 2.89. The van der Waals surface area contributed by atoms with Crippen molar-refractivity contribution >= 4 is 34.1 Å². The van der Waals surface area contributed by atoms with Crippen molar-refractivity contribution in [2.45, 2.75) is 13.0 Å². The van der Waals surface area contributed by atoms with Crippen LogP contribution in [-0.2, 0) is 17.8 Å². The monoisotopic (exact) mass is 315 g/mol. The lowest BCUT2D eigenvalue weighted by Crippen LogP contribution is -2.15. The average molecular weight is 316 g/mol. The van der Waals surface area contributed by atoms with E-state index in [0.717, 1.165) is 16.5 Å². The van der Waals surface area contributed by atoms with Gasteiger partial charge in [-0.25, -0.2) is 0 Å². The smallest absolute Gasteiger partial charge is 0.228 e. The van der Waals surface area contributed by atoms with Crippen LogP contribution in [0.1, 0.15) is 11.1 Å². The number of aliphatic hydroxyl groups excluding tert-OH is 1. The van der Waals surface area contributed by atoms with E-state index < -0.39 is 0 Å². The van der Waals surface area contributed by atoms with E-state index in [9.17, 15) is 9.90 Å². The van der Waals surface area contributed by atoms with Crippen LogP contribution in [0.2, 0.25) is 5.02 Å². The summed E-state index contributed by atoms with van der Waals surface area (Å²) in [4.78, 5) is 19.3. The quantitative estimate of drug-likeness (QED) is 0.692. The molecule has 0 atom stereocenters. The number of anilines is 1. The number of halogens is 1. The first kappa shape index (κ1) is 14.6. The van der Waals surface area contributed by atoms with E-state index in [0.29, 0.717) is 16.3 Å². The van der Waals surface area contributed by atoms with Crippen molar-refractivity contribution < 1.29 is 9.90 Å². The Morgan fingerprint density at radius 3 is 3.00 bits per heavy atom. The lowest BCUT2D eigenvalue weighted by Gasteiger charge is -2.08. The van der Waals surface area contributed by atoms with Crippen LogP contribution in [0, 0.1) is 0 Å². The second-order valence-corrected chi connectivity index (χ2v) is 5.36. The molecule has 2 aromatic heterocycles. The van der Waals surface area contributed by atoms with Crippen LogP contribution >= 0.6 is 11.6 Å². The van der Waals surface area contributed by atoms with Crippen molar-refractivity contribution in [3.8, 4) is 0 Å². The fourth-order valence-electron chi connectivity index (χ4n) is 2.34. The Labute approximate surface area is 132 Å². The minimum absolute atomic E-state index is 0.152. The summed E-state index contributed by atoms with van der Waals surface area (Å²) in [5.41, 5.74) is 2.95. The van der Waals surface area contributed by atoms with Crippen molar-refractivity contribution in [3.05, 3.63) is 59.0 Å². The zero-order chi connectivity index (χ0) is 15.5. The van der Waals surface area contributed by atoms with Crippen molar-refractivity contribution in [3.63, 3.8) is 0 Å². The molecule has 0 unspecified atom stereocenters. The predicted molar refractivity (Wildman–Crippen MR) is 85.8 cm³/mol. The van der Waals surface area contributed by atoms with Crippen molar-refractivity contribution in [2.75, 3.05) is 5.32 Å². The van der Waals surface area contributed by atoms with Gasteiger partial charge >= 0.3 is 0 Å². The highest BCUT2D eigenvalue weighted by molar-refractivity contribution is 6.31. The molecule has 112 valence electrons. The van der Waals surface area contributed by atoms with Crippen molar-refractivity contribution in [1.29, 1.82) is 0 Å². The standard InChI is InChI=1S/C16H14ClN3O2/c17-12-1-2-14-13(6-12)11(7-19-14)5-16(22)20-15-8-18-4-3-10(15)9-21/h1-4,6-8,19,21H,5,9H2,(H,20,22). The number of rotatable bonds is 4. The van der Waals surface area contributed by atoms with E-state index in [2.05, 4.69) is 15.3 Å². The summed E-state index contributed by atoms with van der Waals surface area (Å²) in [5.74, 6) is -0.177. The second-order valence-electron chi connectivity index (χ2n) is 4.92. The molecule has 0 radical (unpaired) electrons. The highest BCUT2D eigenvalue weighted by atomic mass is 35.5. The number of carbonyl (C=O) groups is 1. The van der Waals surface area contributed by atoms with Gasteiger partial charge in [-0.05, 0) is 29.8 Å². The molecule has 0 aliphatic rings. The van der Waals surface area contributed by atoms with Crippen LogP contribution in [0.4, 0.5) is 5.69 Å². The summed E-state index contributed by atoms with van der Waals surface area (Å²) < 4.78 is 0. The molecule has 0 spiro atoms. The Hall–Kier alpha value is -2.37. The third-order valence-electron chi connectivity index (χ3n) is 3.44. The fourth-order valence-corrected chi connectivity index (χ4v) is 2.51. The Kier molecular flexibility index (Phi) is 4.09. The first-order valence-electron chi connectivity index (χ1n) is 6.76. The Morgan fingerprint density at radius 1 is 1.32 bits per heavy atom. The third-order valence-corrected chi connectivity index (χ3v) is 3.67. The molecule has 22 heavy (non-hydrogen) atoms. The van der Waals surface area contributed by atoms with E-state index in [4.69, 9.17) is 11.6 Å². The van der Waals surface area contributed by atoms with E-state index in [1.165, 1.54) is 6.20 Å². The summed E-state index contributed by atoms with van der Waals surface area (Å²) in [6.07, 6.45) is 5.11. The maximum atomic E-state index is 12.2. The molecule has 1 aromatic carbocycles. The van der Waals surface area contributed by atoms with E-state index in [1.807, 2.05) is 12.1 Å². The minimum atomic E-state index is -0.177. The zero-order valence-electron chi connectivity index (χ0n) is 11.6. The lowest BCUT2D eigenvalue weighted by atomic mass is 10.1. The molecule has 3 N–H and O–H groups in total. The summed E-state index contributed by atoms with van der Waals surface area (Å²) in [7, 11) is 0. The SMILES string of the molecule is O=C(Cc1c[nH]c2ccc(Cl)cc12)Nc1cnccc1CO. The van der Waals surface area contributed by atoms with Gasteiger partial charge in [-0.15, -0.1) is 0 Å². The molecule has 0 fully saturated rings. The van der Waals surface area contributed by atoms with Gasteiger partial charge in [0.05, 0.1) is 24.9 Å². The van der Waals surface area contributed by atoms with Gasteiger partial charge in [-0.3, -0.25) is 9.78 Å². The highest BCUT2D eigenvalue weighted by Gasteiger charge is 2.11. The molecule has 0 saturated heterocycles. The molecule has 6 heteroatoms. The molecule has 1 amide bonds. The lowest BCUT2D eigenvalue weighted by molar-refractivity contribution is -0.115. The number of hydrogen-bond donors (Lipinski definition) is 3. The summed E-state index contributed by atoms with van der Waals surface area (Å²) in [5, 5.41) is 13.6. The fraction of sp³-hybridized carbons (Fsp3) is 0.125. The minimum Gasteiger partial charge on any atom is -0.392 e. The Morgan fingerprint density at radius 2 is 2.18 bits per heavy atom. The molecule has 3 rings (SSSR count). The number of pyridine rings is 1. The second kappa shape index (κ2) is 6.17. The number of H-pyrrole nitrogens is 1. The first-order chi connectivity index (χ1) is 10.7. The largest absolute Gasteiger partial charge is 0.392 e. The van der Waals surface area contributed by atoms with Crippen LogP contribution < -0.4 is 5.32 Å². The molecule has 5 nitrogen and oxygen atoms in total. The number of amides is 1. The first-order valence-corrected chi connectivity index (χ1v) is 7.14. The number of aromatic nitrogens is 2. The summed E-state index contributed by atoms with van der Waals surface area (Å²) in [6.45, 7) is -0.152. The summed E-state index contributed by atoms with van der Waals surface area (Å²) in [6, 6.07) is 7.18. The van der Waals surface area contributed by atoms with E-state index in [-0.39, 0.29) is 18.9 Å². The van der Waals surface area contributed by atoms with Gasteiger partial charge in [0.1, 0.15) is 0 Å². The maximum absolute atomic E-state index is 12.2. The number of aliphatic hydroxyl groups is 1. The van der Waals surface area contributed by atoms with Crippen LogP contribution in [0.5, 0.6) is 0 Å². The Balaban J connectivity index is 1.80. The molecule has 0 aliphatic heterocycles. The van der Waals surface area contributed by atoms with Gasteiger partial charge in [-0.1, -0.05) is 11.6 Å². The molecular formula is C16H14ClN3O2. The number of carbonyl (C=O) groups excluding carboxylic acids is 1. The summed E-state index contributed by atoms with van der Waals surface area (Å²) >= 11 is 6.00. The number of fused-ring (bicyclic) bond motifs is 1. The van der Waals surface area contributed by atoms with Gasteiger partial charge < -0.3 is 15.4 Å². The van der Waals surface area contributed by atoms with Gasteiger partial charge in [-0.2, -0.15) is 0 Å². The van der Waals surface area contributed by atoms with Crippen molar-refractivity contribution in [2.24, 2.45) is 0 Å².